The number of hydrogen-bond donors (Lipinski definition) is 1. The van der Waals surface area contributed by atoms with E-state index in [0.29, 0.717) is 16.5 Å². The van der Waals surface area contributed by atoms with Crippen molar-refractivity contribution >= 4 is 38.9 Å². The fourth-order valence-corrected chi connectivity index (χ4v) is 3.07. The van der Waals surface area contributed by atoms with Crippen LogP contribution in [0, 0.1) is 5.82 Å². The summed E-state index contributed by atoms with van der Waals surface area (Å²) < 4.78 is 15.1. The van der Waals surface area contributed by atoms with Crippen LogP contribution in [0.15, 0.2) is 34.8 Å². The van der Waals surface area contributed by atoms with Crippen molar-refractivity contribution in [1.29, 1.82) is 0 Å². The van der Waals surface area contributed by atoms with Crippen LogP contribution in [0.3, 0.4) is 0 Å². The first kappa shape index (κ1) is 13.0. The summed E-state index contributed by atoms with van der Waals surface area (Å²) in [7, 11) is 0. The molecule has 1 nitrogen and oxygen atoms in total. The Morgan fingerprint density at radius 1 is 1.35 bits per heavy atom. The zero-order valence-electron chi connectivity index (χ0n) is 8.79. The number of hydrogen-bond acceptors (Lipinski definition) is 2. The van der Waals surface area contributed by atoms with Gasteiger partial charge in [0.05, 0.1) is 4.34 Å². The van der Waals surface area contributed by atoms with Gasteiger partial charge in [-0.1, -0.05) is 33.6 Å². The molecule has 0 saturated carbocycles. The second-order valence-electron chi connectivity index (χ2n) is 3.68. The third-order valence-electron chi connectivity index (χ3n) is 2.41. The predicted molar refractivity (Wildman–Crippen MR) is 74.1 cm³/mol. The average molecular weight is 335 g/mol. The lowest BCUT2D eigenvalue weighted by Gasteiger charge is -2.12. The normalized spacial score (nSPS) is 12.7. The van der Waals surface area contributed by atoms with E-state index in [4.69, 9.17) is 17.3 Å². The summed E-state index contributed by atoms with van der Waals surface area (Å²) >= 11 is 10.5. The van der Waals surface area contributed by atoms with Crippen LogP contribution >= 0.6 is 38.9 Å². The summed E-state index contributed by atoms with van der Waals surface area (Å²) in [5, 5.41) is 0. The first-order valence-corrected chi connectivity index (χ1v) is 7.00. The van der Waals surface area contributed by atoms with Gasteiger partial charge in [0.1, 0.15) is 5.82 Å². The third-order valence-corrected chi connectivity index (χ3v) is 4.16. The summed E-state index contributed by atoms with van der Waals surface area (Å²) in [5.41, 5.74) is 6.52. The molecule has 0 aliphatic heterocycles. The maximum absolute atomic E-state index is 13.7. The minimum atomic E-state index is -0.349. The van der Waals surface area contributed by atoms with Crippen molar-refractivity contribution in [2.45, 2.75) is 12.5 Å². The summed E-state index contributed by atoms with van der Waals surface area (Å²) in [6.45, 7) is 0. The van der Waals surface area contributed by atoms with Crippen molar-refractivity contribution in [3.63, 3.8) is 0 Å². The zero-order chi connectivity index (χ0) is 12.4. The molecule has 0 aliphatic carbocycles. The molecular formula is C12H10BrClFNS. The first-order chi connectivity index (χ1) is 8.06. The van der Waals surface area contributed by atoms with Crippen molar-refractivity contribution < 1.29 is 4.39 Å². The van der Waals surface area contributed by atoms with Gasteiger partial charge in [-0.25, -0.2) is 4.39 Å². The molecule has 0 spiro atoms. The largest absolute Gasteiger partial charge is 0.324 e. The number of thiophene rings is 1. The quantitative estimate of drug-likeness (QED) is 0.876. The van der Waals surface area contributed by atoms with Crippen LogP contribution in [-0.2, 0) is 6.42 Å². The molecule has 90 valence electrons. The van der Waals surface area contributed by atoms with Crippen molar-refractivity contribution in [2.24, 2.45) is 5.73 Å². The van der Waals surface area contributed by atoms with Crippen LogP contribution < -0.4 is 5.73 Å². The van der Waals surface area contributed by atoms with Crippen LogP contribution in [0.5, 0.6) is 0 Å². The van der Waals surface area contributed by atoms with E-state index in [9.17, 15) is 4.39 Å². The number of rotatable bonds is 3. The second-order valence-corrected chi connectivity index (χ2v) is 6.40. The van der Waals surface area contributed by atoms with Gasteiger partial charge in [-0.05, 0) is 24.3 Å². The standard InChI is InChI=1S/C12H10BrClFNS/c13-7-1-3-9(10(15)5-7)11(16)6-8-2-4-12(14)17-8/h1-5,11H,6,16H2. The summed E-state index contributed by atoms with van der Waals surface area (Å²) in [4.78, 5) is 1.06. The third kappa shape index (κ3) is 3.28. The van der Waals surface area contributed by atoms with Crippen molar-refractivity contribution in [3.8, 4) is 0 Å². The van der Waals surface area contributed by atoms with Crippen LogP contribution in [0.25, 0.3) is 0 Å². The van der Waals surface area contributed by atoms with E-state index < -0.39 is 0 Å². The number of nitrogens with two attached hydrogens (primary N) is 1. The molecule has 1 aromatic carbocycles. The lowest BCUT2D eigenvalue weighted by molar-refractivity contribution is 0.581. The topological polar surface area (TPSA) is 26.0 Å². The Balaban J connectivity index is 2.17. The smallest absolute Gasteiger partial charge is 0.129 e. The van der Waals surface area contributed by atoms with Crippen LogP contribution in [0.1, 0.15) is 16.5 Å². The summed E-state index contributed by atoms with van der Waals surface area (Å²) in [5.74, 6) is -0.283. The van der Waals surface area contributed by atoms with Gasteiger partial charge >= 0.3 is 0 Å². The van der Waals surface area contributed by atoms with Gasteiger partial charge in [-0.3, -0.25) is 0 Å². The first-order valence-electron chi connectivity index (χ1n) is 5.01. The van der Waals surface area contributed by atoms with Crippen molar-refractivity contribution in [2.75, 3.05) is 0 Å². The Labute approximate surface area is 117 Å². The molecule has 2 N–H and O–H groups in total. The lowest BCUT2D eigenvalue weighted by Crippen LogP contribution is -2.14. The van der Waals surface area contributed by atoms with E-state index in [0.717, 1.165) is 9.21 Å². The fourth-order valence-electron chi connectivity index (χ4n) is 1.59. The summed E-state index contributed by atoms with van der Waals surface area (Å²) in [6.07, 6.45) is 0.593. The Hall–Kier alpha value is -0.420. The van der Waals surface area contributed by atoms with Gasteiger partial charge in [-0.2, -0.15) is 0 Å². The molecule has 2 rings (SSSR count). The number of halogens is 3. The van der Waals surface area contributed by atoms with Gasteiger partial charge in [0.2, 0.25) is 0 Å². The van der Waals surface area contributed by atoms with Gasteiger partial charge in [0, 0.05) is 27.4 Å². The molecule has 0 fully saturated rings. The minimum absolute atomic E-state index is 0.283. The van der Waals surface area contributed by atoms with Crippen LogP contribution in [0.2, 0.25) is 4.34 Å². The summed E-state index contributed by atoms with van der Waals surface area (Å²) in [6, 6.07) is 8.32. The highest BCUT2D eigenvalue weighted by molar-refractivity contribution is 9.10. The molecule has 1 atom stereocenters. The molecule has 1 aromatic heterocycles. The molecule has 0 saturated heterocycles. The molecule has 1 unspecified atom stereocenters. The maximum Gasteiger partial charge on any atom is 0.129 e. The predicted octanol–water partition coefficient (Wildman–Crippen LogP) is 4.55. The SMILES string of the molecule is NC(Cc1ccc(Cl)s1)c1ccc(Br)cc1F. The van der Waals surface area contributed by atoms with Gasteiger partial charge in [0.15, 0.2) is 0 Å². The maximum atomic E-state index is 13.7. The molecular weight excluding hydrogens is 325 g/mol. The average Bonchev–Trinajstić information content (AvgIpc) is 2.63. The molecule has 0 bridgehead atoms. The minimum Gasteiger partial charge on any atom is -0.324 e. The van der Waals surface area contributed by atoms with Crippen LogP contribution in [-0.4, -0.2) is 0 Å². The van der Waals surface area contributed by atoms with E-state index in [-0.39, 0.29) is 11.9 Å². The van der Waals surface area contributed by atoms with E-state index in [1.165, 1.54) is 17.4 Å². The van der Waals surface area contributed by atoms with E-state index in [2.05, 4.69) is 15.9 Å². The van der Waals surface area contributed by atoms with Crippen molar-refractivity contribution in [3.05, 3.63) is 55.4 Å². The van der Waals surface area contributed by atoms with Crippen molar-refractivity contribution in [1.82, 2.24) is 0 Å². The fraction of sp³-hybridized carbons (Fsp3) is 0.167. The zero-order valence-corrected chi connectivity index (χ0v) is 11.9. The Morgan fingerprint density at radius 3 is 2.71 bits per heavy atom. The van der Waals surface area contributed by atoms with Gasteiger partial charge in [-0.15, -0.1) is 11.3 Å². The highest BCUT2D eigenvalue weighted by Gasteiger charge is 2.13. The Morgan fingerprint density at radius 2 is 2.12 bits per heavy atom. The molecule has 2 aromatic rings. The molecule has 5 heteroatoms. The van der Waals surface area contributed by atoms with Gasteiger partial charge in [0.25, 0.3) is 0 Å². The molecule has 17 heavy (non-hydrogen) atoms. The molecule has 0 radical (unpaired) electrons. The van der Waals surface area contributed by atoms with Crippen LogP contribution in [0.4, 0.5) is 4.39 Å². The monoisotopic (exact) mass is 333 g/mol. The van der Waals surface area contributed by atoms with Gasteiger partial charge < -0.3 is 5.73 Å². The Bertz CT molecular complexity index is 529. The van der Waals surface area contributed by atoms with E-state index in [1.807, 2.05) is 12.1 Å². The highest BCUT2D eigenvalue weighted by atomic mass is 79.9. The lowest BCUT2D eigenvalue weighted by atomic mass is 10.0. The molecule has 0 aliphatic rings. The number of benzene rings is 1. The molecule has 0 amide bonds. The second kappa shape index (κ2) is 5.48. The highest BCUT2D eigenvalue weighted by Crippen LogP contribution is 2.27. The van der Waals surface area contributed by atoms with E-state index in [1.54, 1.807) is 12.1 Å². The molecule has 1 heterocycles. The Kier molecular flexibility index (Phi) is 4.20. The van der Waals surface area contributed by atoms with E-state index >= 15 is 0 Å².